The van der Waals surface area contributed by atoms with Gasteiger partial charge in [-0.15, -0.1) is 5.10 Å². The van der Waals surface area contributed by atoms with Gasteiger partial charge < -0.3 is 20.8 Å². The monoisotopic (exact) mass is 580 g/mol. The van der Waals surface area contributed by atoms with Crippen LogP contribution in [-0.4, -0.2) is 55.1 Å². The van der Waals surface area contributed by atoms with Crippen molar-refractivity contribution in [2.45, 2.75) is 37.2 Å². The molecule has 176 valence electrons. The van der Waals surface area contributed by atoms with Gasteiger partial charge in [-0.05, 0) is 59.0 Å². The van der Waals surface area contributed by atoms with Crippen LogP contribution >= 0.6 is 31.9 Å². The number of phenolic OH excluding ortho intramolecular Hbond substituents is 1. The molecule has 0 spiro atoms. The van der Waals surface area contributed by atoms with Crippen LogP contribution in [-0.2, 0) is 24.3 Å². The standard InChI is InChI=1S/C22H26Br2N6O3/c23-19-9-15(1-3-21(19)31)5-7-26-11-17(27-25)13-33-14-18-12-30(29-28-18)8-6-16-2-4-22(32)20(24)10-16/h1-4,10-12,19,31-32H,5-9,13-14,25H2. The first-order chi connectivity index (χ1) is 15.9. The minimum absolute atomic E-state index is 0.0241. The lowest BCUT2D eigenvalue weighted by atomic mass is 10.0. The van der Waals surface area contributed by atoms with E-state index in [4.69, 9.17) is 10.6 Å². The molecule has 1 aliphatic rings. The van der Waals surface area contributed by atoms with Gasteiger partial charge in [0, 0.05) is 19.3 Å². The molecule has 11 heteroatoms. The van der Waals surface area contributed by atoms with Gasteiger partial charge in [0.1, 0.15) is 22.9 Å². The summed E-state index contributed by atoms with van der Waals surface area (Å²) in [5.41, 5.74) is 3.54. The topological polar surface area (TPSA) is 131 Å². The van der Waals surface area contributed by atoms with E-state index in [0.29, 0.717) is 34.7 Å². The molecular formula is C22H26Br2N6O3. The molecule has 0 aliphatic heterocycles. The molecule has 1 aromatic carbocycles. The van der Waals surface area contributed by atoms with E-state index >= 15 is 0 Å². The summed E-state index contributed by atoms with van der Waals surface area (Å²) in [6, 6.07) is 5.43. The van der Waals surface area contributed by atoms with Gasteiger partial charge in [-0.3, -0.25) is 9.67 Å². The number of hydrogen-bond acceptors (Lipinski definition) is 8. The lowest BCUT2D eigenvalue weighted by Crippen LogP contribution is -2.13. The maximum Gasteiger partial charge on any atom is 0.129 e. The molecule has 9 nitrogen and oxygen atoms in total. The van der Waals surface area contributed by atoms with Gasteiger partial charge in [0.2, 0.25) is 0 Å². The van der Waals surface area contributed by atoms with Crippen LogP contribution in [0.4, 0.5) is 0 Å². The fourth-order valence-electron chi connectivity index (χ4n) is 3.11. The molecule has 4 N–H and O–H groups in total. The maximum atomic E-state index is 9.61. The molecule has 3 rings (SSSR count). The molecule has 1 unspecified atom stereocenters. The van der Waals surface area contributed by atoms with Crippen molar-refractivity contribution in [3.05, 3.63) is 63.6 Å². The van der Waals surface area contributed by atoms with Crippen LogP contribution in [0, 0.1) is 0 Å². The van der Waals surface area contributed by atoms with Crippen LogP contribution in [0.5, 0.6) is 5.75 Å². The first-order valence-electron chi connectivity index (χ1n) is 10.4. The van der Waals surface area contributed by atoms with Crippen molar-refractivity contribution < 1.29 is 14.9 Å². The predicted octanol–water partition coefficient (Wildman–Crippen LogP) is 3.82. The van der Waals surface area contributed by atoms with E-state index in [2.05, 4.69) is 52.3 Å². The van der Waals surface area contributed by atoms with Gasteiger partial charge in [0.15, 0.2) is 0 Å². The Hall–Kier alpha value is -2.50. The molecule has 33 heavy (non-hydrogen) atoms. The van der Waals surface area contributed by atoms with Crippen molar-refractivity contribution in [3.8, 4) is 5.75 Å². The van der Waals surface area contributed by atoms with E-state index < -0.39 is 0 Å². The Morgan fingerprint density at radius 1 is 1.30 bits per heavy atom. The summed E-state index contributed by atoms with van der Waals surface area (Å²) in [4.78, 5) is 4.34. The minimum Gasteiger partial charge on any atom is -0.511 e. The number of aliphatic imine (C=N–C) groups is 1. The summed E-state index contributed by atoms with van der Waals surface area (Å²) in [5, 5.41) is 31.1. The summed E-state index contributed by atoms with van der Waals surface area (Å²) < 4.78 is 8.07. The number of nitrogens with two attached hydrogens (primary N) is 1. The molecule has 0 radical (unpaired) electrons. The van der Waals surface area contributed by atoms with Gasteiger partial charge in [0.05, 0.1) is 28.7 Å². The summed E-state index contributed by atoms with van der Waals surface area (Å²) >= 11 is 6.76. The third kappa shape index (κ3) is 8.09. The first-order valence-corrected chi connectivity index (χ1v) is 12.1. The smallest absolute Gasteiger partial charge is 0.129 e. The van der Waals surface area contributed by atoms with Gasteiger partial charge >= 0.3 is 0 Å². The highest BCUT2D eigenvalue weighted by Crippen LogP contribution is 2.26. The van der Waals surface area contributed by atoms with Crippen molar-refractivity contribution in [1.82, 2.24) is 15.0 Å². The van der Waals surface area contributed by atoms with E-state index in [-0.39, 0.29) is 23.8 Å². The zero-order valence-electron chi connectivity index (χ0n) is 17.9. The molecule has 1 aliphatic carbocycles. The average Bonchev–Trinajstić information content (AvgIpc) is 3.26. The van der Waals surface area contributed by atoms with Crippen LogP contribution in [0.25, 0.3) is 0 Å². The van der Waals surface area contributed by atoms with E-state index in [0.717, 1.165) is 24.8 Å². The quantitative estimate of drug-likeness (QED) is 0.160. The third-order valence-corrected chi connectivity index (χ3v) is 6.38. The maximum absolute atomic E-state index is 9.61. The Morgan fingerprint density at radius 2 is 2.15 bits per heavy atom. The van der Waals surface area contributed by atoms with Crippen molar-refractivity contribution in [2.24, 2.45) is 15.9 Å². The second kappa shape index (κ2) is 12.7. The SMILES string of the molecule is NN=C(C=NCCC1=CC=C(O)C(Br)C1)COCc1cn(CCc2ccc(O)c(Br)c2)nn1. The fraction of sp³-hybridized carbons (Fsp3) is 0.364. The van der Waals surface area contributed by atoms with Crippen LogP contribution in [0.3, 0.4) is 0 Å². The largest absolute Gasteiger partial charge is 0.511 e. The highest BCUT2D eigenvalue weighted by atomic mass is 79.9. The number of aromatic nitrogens is 3. The van der Waals surface area contributed by atoms with Gasteiger partial charge in [0.25, 0.3) is 0 Å². The second-order valence-electron chi connectivity index (χ2n) is 7.50. The number of phenols is 1. The van der Waals surface area contributed by atoms with Crippen molar-refractivity contribution in [3.63, 3.8) is 0 Å². The van der Waals surface area contributed by atoms with E-state index in [1.807, 2.05) is 24.4 Å². The van der Waals surface area contributed by atoms with Crippen molar-refractivity contribution in [1.29, 1.82) is 0 Å². The summed E-state index contributed by atoms with van der Waals surface area (Å²) in [6.07, 6.45) is 9.43. The van der Waals surface area contributed by atoms with Crippen LogP contribution < -0.4 is 5.84 Å². The van der Waals surface area contributed by atoms with Crippen LogP contribution in [0.2, 0.25) is 0 Å². The summed E-state index contributed by atoms with van der Waals surface area (Å²) in [6.45, 7) is 1.77. The molecule has 0 fully saturated rings. The van der Waals surface area contributed by atoms with Crippen LogP contribution in [0.1, 0.15) is 24.1 Å². The number of alkyl halides is 1. The second-order valence-corrected chi connectivity index (χ2v) is 9.45. The molecule has 0 amide bonds. The Kier molecular flexibility index (Phi) is 9.64. The fourth-order valence-corrected chi connectivity index (χ4v) is 4.10. The molecule has 1 heterocycles. The molecule has 0 saturated heterocycles. The average molecular weight is 582 g/mol. The number of hydrogen-bond donors (Lipinski definition) is 3. The summed E-state index contributed by atoms with van der Waals surface area (Å²) in [7, 11) is 0. The normalized spacial score (nSPS) is 16.8. The molecule has 2 aromatic rings. The molecule has 0 bridgehead atoms. The zero-order chi connectivity index (χ0) is 23.6. The number of rotatable bonds is 11. The Bertz CT molecular complexity index is 1060. The van der Waals surface area contributed by atoms with Gasteiger partial charge in [-0.25, -0.2) is 0 Å². The molecule has 0 saturated carbocycles. The van der Waals surface area contributed by atoms with E-state index in [9.17, 15) is 10.2 Å². The number of ether oxygens (including phenoxy) is 1. The summed E-state index contributed by atoms with van der Waals surface area (Å²) in [5.74, 6) is 6.01. The number of benzene rings is 1. The predicted molar refractivity (Wildman–Crippen MR) is 135 cm³/mol. The first kappa shape index (κ1) is 25.1. The van der Waals surface area contributed by atoms with Crippen molar-refractivity contribution in [2.75, 3.05) is 13.2 Å². The Labute approximate surface area is 209 Å². The van der Waals surface area contributed by atoms with Crippen molar-refractivity contribution >= 4 is 43.8 Å². The van der Waals surface area contributed by atoms with E-state index in [1.165, 1.54) is 5.57 Å². The minimum atomic E-state index is -0.0241. The highest BCUT2D eigenvalue weighted by molar-refractivity contribution is 9.10. The molecule has 1 atom stereocenters. The Balaban J connectivity index is 1.37. The molecular weight excluding hydrogens is 556 g/mol. The highest BCUT2D eigenvalue weighted by Gasteiger charge is 2.15. The van der Waals surface area contributed by atoms with Gasteiger partial charge in [-0.2, -0.15) is 5.10 Å². The lowest BCUT2D eigenvalue weighted by Gasteiger charge is -2.15. The zero-order valence-corrected chi connectivity index (χ0v) is 21.1. The van der Waals surface area contributed by atoms with Crippen LogP contribution in [0.15, 0.2) is 62.4 Å². The number of halogens is 2. The number of hydrazone groups is 1. The molecule has 1 aromatic heterocycles. The third-order valence-electron chi connectivity index (χ3n) is 4.95. The number of allylic oxidation sites excluding steroid dienone is 3. The number of aromatic hydroxyl groups is 1. The number of nitrogens with zero attached hydrogens (tertiary/aromatic N) is 5. The number of aryl methyl sites for hydroxylation is 2. The van der Waals surface area contributed by atoms with Gasteiger partial charge in [-0.1, -0.05) is 38.9 Å². The Morgan fingerprint density at radius 3 is 2.91 bits per heavy atom. The number of aliphatic hydroxyl groups is 1. The lowest BCUT2D eigenvalue weighted by molar-refractivity contribution is 0.156. The van der Waals surface area contributed by atoms with E-state index in [1.54, 1.807) is 23.0 Å². The number of aliphatic hydroxyl groups excluding tert-OH is 1.